The van der Waals surface area contributed by atoms with Gasteiger partial charge in [-0.1, -0.05) is 86.4 Å². The van der Waals surface area contributed by atoms with E-state index in [0.29, 0.717) is 58.4 Å². The summed E-state index contributed by atoms with van der Waals surface area (Å²) in [5.74, 6) is -4.80. The van der Waals surface area contributed by atoms with Crippen LogP contribution in [0.15, 0.2) is 97.4 Å². The Morgan fingerprint density at radius 1 is 0.588 bits per heavy atom. The van der Waals surface area contributed by atoms with Crippen LogP contribution in [0, 0.1) is 47.3 Å². The summed E-state index contributed by atoms with van der Waals surface area (Å²) >= 11 is 0. The quantitative estimate of drug-likeness (QED) is 0.0530. The lowest BCUT2D eigenvalue weighted by atomic mass is 9.92. The van der Waals surface area contributed by atoms with Gasteiger partial charge in [0.15, 0.2) is 0 Å². The molecule has 4 saturated heterocycles. The number of hydrogen-bond donors (Lipinski definition) is 5. The molecule has 25 heteroatoms. The first-order valence-electron chi connectivity index (χ1n) is 36.3. The Morgan fingerprint density at radius 3 is 1.55 bits per heavy atom. The summed E-state index contributed by atoms with van der Waals surface area (Å²) < 4.78 is 22.0. The molecule has 0 spiro atoms. The molecule has 6 aliphatic heterocycles. The second-order valence-corrected chi connectivity index (χ2v) is 30.2. The van der Waals surface area contributed by atoms with E-state index in [1.54, 1.807) is 61.7 Å². The molecule has 102 heavy (non-hydrogen) atoms. The number of esters is 4. The van der Waals surface area contributed by atoms with E-state index in [-0.39, 0.29) is 123 Å². The number of aromatic nitrogens is 2. The Hall–Kier alpha value is -7.73. The van der Waals surface area contributed by atoms with Crippen molar-refractivity contribution in [1.82, 2.24) is 45.9 Å². The highest BCUT2D eigenvalue weighted by molar-refractivity contribution is 5.98. The molecule has 6 amide bonds. The number of hydrogen-bond acceptors (Lipinski definition) is 17. The molecular formula is C77H106Cl2N10O13. The summed E-state index contributed by atoms with van der Waals surface area (Å²) in [7, 11) is 0. The molecule has 0 bridgehead atoms. The van der Waals surface area contributed by atoms with Gasteiger partial charge in [0.25, 0.3) is 0 Å². The van der Waals surface area contributed by atoms with Crippen LogP contribution in [-0.2, 0) is 70.4 Å². The van der Waals surface area contributed by atoms with Crippen molar-refractivity contribution < 1.29 is 62.1 Å². The number of fused-ring (bicyclic) bond motifs is 10. The van der Waals surface area contributed by atoms with E-state index in [0.717, 1.165) is 90.8 Å². The molecule has 8 heterocycles. The molecule has 556 valence electrons. The molecule has 8 aliphatic rings. The van der Waals surface area contributed by atoms with Crippen molar-refractivity contribution in [3.05, 3.63) is 108 Å². The van der Waals surface area contributed by atoms with E-state index in [9.17, 15) is 43.2 Å². The number of ether oxygens (including phenoxy) is 4. The first-order valence-corrected chi connectivity index (χ1v) is 36.3. The van der Waals surface area contributed by atoms with Crippen LogP contribution in [0.3, 0.4) is 0 Å². The predicted molar refractivity (Wildman–Crippen MR) is 391 cm³/mol. The number of allylic oxidation sites excluding steroid dienone is 2. The molecule has 4 aromatic rings. The topological polar surface area (TPSA) is 300 Å². The maximum absolute atomic E-state index is 14.5. The van der Waals surface area contributed by atoms with E-state index < -0.39 is 76.0 Å². The maximum atomic E-state index is 14.5. The average molecular weight is 1450 g/mol. The van der Waals surface area contributed by atoms with Crippen molar-refractivity contribution in [2.75, 3.05) is 52.5 Å². The first-order chi connectivity index (χ1) is 47.9. The highest BCUT2D eigenvalue weighted by atomic mass is 35.5. The van der Waals surface area contributed by atoms with Gasteiger partial charge in [-0.2, -0.15) is 0 Å². The smallest absolute Gasteiger partial charge is 0.332 e. The Bertz CT molecular complexity index is 3700. The molecule has 2 aromatic heterocycles. The van der Waals surface area contributed by atoms with Gasteiger partial charge in [0.05, 0.1) is 37.1 Å². The third-order valence-corrected chi connectivity index (χ3v) is 20.7. The molecule has 2 aromatic carbocycles. The van der Waals surface area contributed by atoms with Gasteiger partial charge in [-0.25, -0.2) is 14.4 Å². The number of urea groups is 1. The number of benzene rings is 2. The average Bonchev–Trinajstić information content (AvgIpc) is 1.58. The second-order valence-electron chi connectivity index (χ2n) is 30.2. The molecule has 2 saturated carbocycles. The zero-order valence-corrected chi connectivity index (χ0v) is 62.1. The third kappa shape index (κ3) is 19.4. The highest BCUT2D eigenvalue weighted by Gasteiger charge is 2.65. The van der Waals surface area contributed by atoms with Crippen molar-refractivity contribution in [2.24, 2.45) is 53.1 Å². The zero-order valence-electron chi connectivity index (χ0n) is 60.4. The lowest BCUT2D eigenvalue weighted by molar-refractivity contribution is -0.159. The Kier molecular flexibility index (Phi) is 27.6. The van der Waals surface area contributed by atoms with Crippen LogP contribution in [0.1, 0.15) is 156 Å². The monoisotopic (exact) mass is 1450 g/mol. The van der Waals surface area contributed by atoms with Gasteiger partial charge >= 0.3 is 29.9 Å². The fraction of sp³-hybridized carbons (Fsp3) is 0.597. The zero-order chi connectivity index (χ0) is 71.5. The number of pyridine rings is 2. The lowest BCUT2D eigenvalue weighted by Crippen LogP contribution is -2.56. The van der Waals surface area contributed by atoms with Crippen LogP contribution >= 0.6 is 24.8 Å². The van der Waals surface area contributed by atoms with Gasteiger partial charge in [0.2, 0.25) is 23.6 Å². The van der Waals surface area contributed by atoms with Gasteiger partial charge in [0.1, 0.15) is 34.4 Å². The summed E-state index contributed by atoms with van der Waals surface area (Å²) in [6.45, 7) is 18.4. The number of rotatable bonds is 11. The maximum Gasteiger partial charge on any atom is 0.332 e. The number of nitrogens with zero attached hydrogens (tertiary/aromatic N) is 5. The van der Waals surface area contributed by atoms with Gasteiger partial charge in [-0.05, 0) is 148 Å². The molecule has 23 nitrogen and oxygen atoms in total. The summed E-state index contributed by atoms with van der Waals surface area (Å²) in [5, 5.41) is 14.6. The van der Waals surface area contributed by atoms with Crippen molar-refractivity contribution in [3.8, 4) is 0 Å². The number of halogens is 2. The minimum atomic E-state index is -1.20. The fourth-order valence-corrected chi connectivity index (χ4v) is 15.6. The molecule has 0 radical (unpaired) electrons. The number of likely N-dealkylation sites (tertiary alicyclic amines) is 1. The van der Waals surface area contributed by atoms with Crippen LogP contribution in [0.2, 0.25) is 0 Å². The SMILES string of the molecule is CCOC(=O)[C@@]12C[C@H]1/C=C\CCCCC[C@H](CC(=O)OC(C)(C)C)C(=O)N1C[C@@H]3CN(C(=O)NCc4ccnc5ccccc45)C[C@@H]3[C@H]1C(=O)N2.CCOC(=O)[C@@]12C[C@H]1/C=C\CCCCC[C@H](CC(=O)OC(C)(C)C)C(=O)N1C[C@@H]3CNC[C@@H]3[C@H]1C(=O)N2.Cl.Cl.NCc1ccnc2ccccc12. The minimum absolute atomic E-state index is 0. The first kappa shape index (κ1) is 80.0. The van der Waals surface area contributed by atoms with Gasteiger partial charge in [-0.3, -0.25) is 38.7 Å². The summed E-state index contributed by atoms with van der Waals surface area (Å²) in [6, 6.07) is 17.8. The van der Waals surface area contributed by atoms with E-state index in [2.05, 4.69) is 43.4 Å². The Labute approximate surface area is 611 Å². The van der Waals surface area contributed by atoms with Crippen molar-refractivity contribution in [1.29, 1.82) is 0 Å². The molecule has 6 fully saturated rings. The van der Waals surface area contributed by atoms with Crippen LogP contribution in [-0.4, -0.2) is 165 Å². The predicted octanol–water partition coefficient (Wildman–Crippen LogP) is 9.39. The molecule has 2 aliphatic carbocycles. The second kappa shape index (κ2) is 35.2. The summed E-state index contributed by atoms with van der Waals surface area (Å²) in [4.78, 5) is 136. The third-order valence-electron chi connectivity index (χ3n) is 20.7. The highest BCUT2D eigenvalue weighted by Crippen LogP contribution is 2.49. The largest absolute Gasteiger partial charge is 0.464 e. The number of nitrogens with two attached hydrogens (primary N) is 1. The van der Waals surface area contributed by atoms with E-state index in [4.69, 9.17) is 24.7 Å². The number of amides is 6. The number of para-hydroxylation sites is 2. The van der Waals surface area contributed by atoms with Crippen LogP contribution in [0.25, 0.3) is 21.8 Å². The number of nitrogens with one attached hydrogen (secondary N) is 4. The van der Waals surface area contributed by atoms with Gasteiger partial charge < -0.3 is 60.6 Å². The van der Waals surface area contributed by atoms with E-state index in [1.807, 2.05) is 93.6 Å². The van der Waals surface area contributed by atoms with Crippen molar-refractivity contribution >= 4 is 100 Å². The van der Waals surface area contributed by atoms with Crippen molar-refractivity contribution in [3.63, 3.8) is 0 Å². The standard InChI is InChI=1S/C39H51N5O7.C28H43N3O6.C10H10N2.2ClH/c1-5-50-36(48)39-20-28(39)14-10-8-6-7-9-13-25(19-32(45)51-38(2,3)4)35(47)44-23-27-22-43(24-30(27)33(44)34(46)42-39)37(49)41-21-26-17-18-40-31-16-12-11-15-29(26)31;1-5-36-26(35)28-14-20(28)12-10-8-6-7-9-11-18(13-22(32)37-27(2,3)4)25(34)31-17-19-15-29-16-21(19)23(31)24(33)30-28;11-7-8-5-6-12-10-4-2-1-3-9(8)10;;/h10-12,14-18,25,27-28,30,33H,5-9,13,19-24H2,1-4H3,(H,41,49)(H,42,46);10,12,18-21,23,29H,5-9,11,13-17H2,1-4H3,(H,30,33);1-6H,7,11H2;2*1H/b14-10-;12-10-;;;/t25-,27+,28-,30+,33+,39-;18-,19+,20-,21+,23+,28-;;;/m11.../s1. The molecular weight excluding hydrogens is 1340 g/mol. The van der Waals surface area contributed by atoms with Crippen LogP contribution in [0.5, 0.6) is 0 Å². The Balaban J connectivity index is 0.000000225. The molecule has 12 rings (SSSR count). The van der Waals surface area contributed by atoms with Crippen LogP contribution in [0.4, 0.5) is 4.79 Å². The summed E-state index contributed by atoms with van der Waals surface area (Å²) in [5.41, 5.74) is 5.95. The van der Waals surface area contributed by atoms with E-state index in [1.165, 1.54) is 0 Å². The molecule has 0 unspecified atom stereocenters. The minimum Gasteiger partial charge on any atom is -0.464 e. The van der Waals surface area contributed by atoms with Crippen molar-refractivity contribution in [2.45, 2.75) is 193 Å². The molecule has 12 atom stereocenters. The van der Waals surface area contributed by atoms with Gasteiger partial charge in [-0.15, -0.1) is 24.8 Å². The number of carbonyl (C=O) groups is 9. The summed E-state index contributed by atoms with van der Waals surface area (Å²) in [6.07, 6.45) is 20.5. The van der Waals surface area contributed by atoms with E-state index >= 15 is 0 Å². The number of carbonyl (C=O) groups excluding carboxylic acids is 9. The van der Waals surface area contributed by atoms with Crippen LogP contribution < -0.4 is 27.0 Å². The molecule has 6 N–H and O–H groups in total. The Morgan fingerprint density at radius 2 is 1.06 bits per heavy atom. The lowest BCUT2D eigenvalue weighted by Gasteiger charge is -2.32. The fourth-order valence-electron chi connectivity index (χ4n) is 15.6. The van der Waals surface area contributed by atoms with Gasteiger partial charge in [0, 0.05) is 117 Å². The normalized spacial score (nSPS) is 28.4.